The minimum Gasteiger partial charge on any atom is -0.359 e. The van der Waals surface area contributed by atoms with Crippen LogP contribution < -0.4 is 0 Å². The summed E-state index contributed by atoms with van der Waals surface area (Å²) in [5.74, 6) is 0.373. The van der Waals surface area contributed by atoms with Gasteiger partial charge in [0.25, 0.3) is 5.91 Å². The molecule has 1 aromatic carbocycles. The van der Waals surface area contributed by atoms with Crippen molar-refractivity contribution in [1.82, 2.24) is 14.9 Å². The van der Waals surface area contributed by atoms with Gasteiger partial charge in [0.05, 0.1) is 22.8 Å². The lowest BCUT2D eigenvalue weighted by Crippen LogP contribution is -2.29. The van der Waals surface area contributed by atoms with E-state index >= 15 is 0 Å². The minimum absolute atomic E-state index is 0.0240. The second-order valence-corrected chi connectivity index (χ2v) is 8.11. The zero-order valence-electron chi connectivity index (χ0n) is 15.6. The van der Waals surface area contributed by atoms with Gasteiger partial charge in [0.1, 0.15) is 0 Å². The van der Waals surface area contributed by atoms with E-state index in [0.717, 1.165) is 10.9 Å². The number of aromatic nitrogens is 2. The Kier molecular flexibility index (Phi) is 4.15. The first-order valence-electron chi connectivity index (χ1n) is 9.78. The summed E-state index contributed by atoms with van der Waals surface area (Å²) in [4.78, 5) is 22.0. The van der Waals surface area contributed by atoms with Crippen molar-refractivity contribution in [3.63, 3.8) is 0 Å². The molecule has 29 heavy (non-hydrogen) atoms. The average Bonchev–Trinajstić information content (AvgIpc) is 3.39. The van der Waals surface area contributed by atoms with Crippen LogP contribution in [-0.4, -0.2) is 33.9 Å². The standard InChI is InChI=1S/C22H20F3N3O/c23-22(24,25)19-4-2-1-3-16(19)13-7-14-11-28(12-15(14)8-13)21(29)18-9-27-20-10-26-6-5-17(18)20/h1-6,9-10,13-15,27H,7-8,11-12H2/t13?,14-,15+. The number of H-pyrrole nitrogens is 1. The smallest absolute Gasteiger partial charge is 0.359 e. The van der Waals surface area contributed by atoms with Crippen molar-refractivity contribution in [2.24, 2.45) is 11.8 Å². The molecule has 1 N–H and O–H groups in total. The molecule has 3 aromatic rings. The van der Waals surface area contributed by atoms with Crippen molar-refractivity contribution in [3.8, 4) is 0 Å². The Morgan fingerprint density at radius 2 is 1.83 bits per heavy atom. The number of benzene rings is 1. The lowest BCUT2D eigenvalue weighted by atomic mass is 9.91. The molecule has 0 spiro atoms. The predicted octanol–water partition coefficient (Wildman–Crippen LogP) is 4.85. The number of fused-ring (bicyclic) bond motifs is 2. The van der Waals surface area contributed by atoms with Crippen LogP contribution in [0.15, 0.2) is 48.9 Å². The summed E-state index contributed by atoms with van der Waals surface area (Å²) >= 11 is 0. The van der Waals surface area contributed by atoms with Gasteiger partial charge in [-0.25, -0.2) is 0 Å². The number of aromatic amines is 1. The highest BCUT2D eigenvalue weighted by atomic mass is 19.4. The Bertz CT molecular complexity index is 1060. The maximum atomic E-state index is 13.4. The number of nitrogens with one attached hydrogen (secondary N) is 1. The molecule has 3 heterocycles. The second-order valence-electron chi connectivity index (χ2n) is 8.11. The van der Waals surface area contributed by atoms with Crippen molar-refractivity contribution in [3.05, 3.63) is 65.6 Å². The van der Waals surface area contributed by atoms with E-state index in [2.05, 4.69) is 9.97 Å². The Morgan fingerprint density at radius 1 is 1.10 bits per heavy atom. The number of carbonyl (C=O) groups is 1. The molecule has 5 rings (SSSR count). The summed E-state index contributed by atoms with van der Waals surface area (Å²) in [6.07, 6.45) is 2.12. The highest BCUT2D eigenvalue weighted by Crippen LogP contribution is 2.49. The Labute approximate surface area is 165 Å². The molecule has 1 saturated heterocycles. The van der Waals surface area contributed by atoms with Crippen LogP contribution in [0.3, 0.4) is 0 Å². The van der Waals surface area contributed by atoms with Crippen LogP contribution in [0.4, 0.5) is 13.2 Å². The van der Waals surface area contributed by atoms with Crippen LogP contribution in [0.5, 0.6) is 0 Å². The van der Waals surface area contributed by atoms with Gasteiger partial charge >= 0.3 is 6.18 Å². The van der Waals surface area contributed by atoms with Gasteiger partial charge in [0, 0.05) is 30.9 Å². The molecule has 4 nitrogen and oxygen atoms in total. The number of amides is 1. The van der Waals surface area contributed by atoms with Gasteiger partial charge in [0.15, 0.2) is 0 Å². The summed E-state index contributed by atoms with van der Waals surface area (Å²) in [5, 5.41) is 0.846. The Hall–Kier alpha value is -2.83. The van der Waals surface area contributed by atoms with Crippen LogP contribution in [0.2, 0.25) is 0 Å². The molecule has 1 unspecified atom stereocenters. The first-order chi connectivity index (χ1) is 13.9. The molecule has 2 aromatic heterocycles. The van der Waals surface area contributed by atoms with Gasteiger partial charge in [-0.3, -0.25) is 9.78 Å². The number of alkyl halides is 3. The number of hydrogen-bond acceptors (Lipinski definition) is 2. The molecule has 1 aliphatic heterocycles. The van der Waals surface area contributed by atoms with Gasteiger partial charge in [0.2, 0.25) is 0 Å². The Morgan fingerprint density at radius 3 is 2.55 bits per heavy atom. The number of halogens is 3. The monoisotopic (exact) mass is 399 g/mol. The lowest BCUT2D eigenvalue weighted by Gasteiger charge is -2.21. The normalized spacial score (nSPS) is 24.2. The van der Waals surface area contributed by atoms with Crippen molar-refractivity contribution >= 4 is 16.8 Å². The first kappa shape index (κ1) is 18.2. The largest absolute Gasteiger partial charge is 0.416 e. The van der Waals surface area contributed by atoms with Crippen LogP contribution >= 0.6 is 0 Å². The van der Waals surface area contributed by atoms with E-state index in [-0.39, 0.29) is 23.7 Å². The predicted molar refractivity (Wildman–Crippen MR) is 102 cm³/mol. The highest BCUT2D eigenvalue weighted by Gasteiger charge is 2.45. The molecular weight excluding hydrogens is 379 g/mol. The molecule has 0 bridgehead atoms. The Balaban J connectivity index is 1.33. The van der Waals surface area contributed by atoms with E-state index < -0.39 is 11.7 Å². The molecule has 150 valence electrons. The molecule has 3 atom stereocenters. The maximum absolute atomic E-state index is 13.4. The summed E-state index contributed by atoms with van der Waals surface area (Å²) in [6, 6.07) is 7.72. The number of pyridine rings is 1. The van der Waals surface area contributed by atoms with Crippen molar-refractivity contribution in [2.45, 2.75) is 24.9 Å². The molecule has 1 amide bonds. The van der Waals surface area contributed by atoms with Crippen LogP contribution in [0, 0.1) is 11.8 Å². The molecule has 1 saturated carbocycles. The summed E-state index contributed by atoms with van der Waals surface area (Å²) < 4.78 is 40.2. The van der Waals surface area contributed by atoms with Crippen LogP contribution in [0.25, 0.3) is 10.9 Å². The summed E-state index contributed by atoms with van der Waals surface area (Å²) in [5.41, 5.74) is 1.32. The lowest BCUT2D eigenvalue weighted by molar-refractivity contribution is -0.138. The summed E-state index contributed by atoms with van der Waals surface area (Å²) in [6.45, 7) is 1.21. The molecule has 7 heteroatoms. The van der Waals surface area contributed by atoms with Gasteiger partial charge in [-0.05, 0) is 48.3 Å². The third kappa shape index (κ3) is 3.09. The van der Waals surface area contributed by atoms with Gasteiger partial charge < -0.3 is 9.88 Å². The third-order valence-electron chi connectivity index (χ3n) is 6.46. The highest BCUT2D eigenvalue weighted by molar-refractivity contribution is 6.06. The third-order valence-corrected chi connectivity index (χ3v) is 6.46. The average molecular weight is 399 g/mol. The quantitative estimate of drug-likeness (QED) is 0.670. The van der Waals surface area contributed by atoms with Crippen molar-refractivity contribution < 1.29 is 18.0 Å². The van der Waals surface area contributed by atoms with Gasteiger partial charge in [-0.1, -0.05) is 18.2 Å². The zero-order chi connectivity index (χ0) is 20.2. The fraction of sp³-hybridized carbons (Fsp3) is 0.364. The van der Waals surface area contributed by atoms with Crippen molar-refractivity contribution in [1.29, 1.82) is 0 Å². The van der Waals surface area contributed by atoms with E-state index in [9.17, 15) is 18.0 Å². The van der Waals surface area contributed by atoms with E-state index in [1.54, 1.807) is 30.7 Å². The molecule has 0 radical (unpaired) electrons. The number of nitrogens with zero attached hydrogens (tertiary/aromatic N) is 2. The molecule has 2 aliphatic rings. The number of hydrogen-bond donors (Lipinski definition) is 1. The second kappa shape index (κ2) is 6.61. The number of rotatable bonds is 2. The zero-order valence-corrected chi connectivity index (χ0v) is 15.6. The van der Waals surface area contributed by atoms with Crippen LogP contribution in [0.1, 0.15) is 40.2 Å². The van der Waals surface area contributed by atoms with Crippen LogP contribution in [-0.2, 0) is 6.18 Å². The number of likely N-dealkylation sites (tertiary alicyclic amines) is 1. The van der Waals surface area contributed by atoms with Crippen molar-refractivity contribution in [2.75, 3.05) is 13.1 Å². The topological polar surface area (TPSA) is 49.0 Å². The van der Waals surface area contributed by atoms with E-state index in [1.807, 2.05) is 11.0 Å². The van der Waals surface area contributed by atoms with Gasteiger partial charge in [-0.15, -0.1) is 0 Å². The maximum Gasteiger partial charge on any atom is 0.416 e. The van der Waals surface area contributed by atoms with E-state index in [1.165, 1.54) is 12.1 Å². The molecular formula is C22H20F3N3O. The SMILES string of the molecule is O=C(c1c[nH]c2cnccc12)N1C[C@H]2CC(c3ccccc3C(F)(F)F)C[C@H]2C1. The fourth-order valence-electron chi connectivity index (χ4n) is 5.15. The minimum atomic E-state index is -4.33. The fourth-order valence-corrected chi connectivity index (χ4v) is 5.15. The van der Waals surface area contributed by atoms with Gasteiger partial charge in [-0.2, -0.15) is 13.2 Å². The first-order valence-corrected chi connectivity index (χ1v) is 9.78. The van der Waals surface area contributed by atoms with E-state index in [4.69, 9.17) is 0 Å². The molecule has 1 aliphatic carbocycles. The number of carbonyl (C=O) groups excluding carboxylic acids is 1. The van der Waals surface area contributed by atoms with E-state index in [0.29, 0.717) is 37.1 Å². The summed E-state index contributed by atoms with van der Waals surface area (Å²) in [7, 11) is 0. The molecule has 2 fully saturated rings.